The molecule has 3 nitrogen and oxygen atoms in total. The van der Waals surface area contributed by atoms with Gasteiger partial charge in [0.05, 0.1) is 11.4 Å². The van der Waals surface area contributed by atoms with Crippen LogP contribution in [-0.2, 0) is 6.42 Å². The molecule has 0 aliphatic carbocycles. The molecule has 0 bridgehead atoms. The van der Waals surface area contributed by atoms with Crippen molar-refractivity contribution < 1.29 is 4.74 Å². The zero-order valence-corrected chi connectivity index (χ0v) is 10.9. The van der Waals surface area contributed by atoms with Gasteiger partial charge in [-0.15, -0.1) is 0 Å². The molecule has 0 atom stereocenters. The zero-order chi connectivity index (χ0) is 13.1. The molecule has 94 valence electrons. The van der Waals surface area contributed by atoms with Gasteiger partial charge in [0.15, 0.2) is 0 Å². The lowest BCUT2D eigenvalue weighted by molar-refractivity contribution is 0.482. The summed E-state index contributed by atoms with van der Waals surface area (Å²) < 4.78 is 5.72. The molecule has 0 unspecified atom stereocenters. The second-order valence-electron chi connectivity index (χ2n) is 4.00. The smallest absolute Gasteiger partial charge is 0.129 e. The van der Waals surface area contributed by atoms with E-state index in [-0.39, 0.29) is 0 Å². The SMILES string of the molecule is CCc1cc(Oc2ccc(N)c(N)c2)ccc1Cl. The summed E-state index contributed by atoms with van der Waals surface area (Å²) in [6.07, 6.45) is 0.861. The van der Waals surface area contributed by atoms with Gasteiger partial charge in [-0.05, 0) is 42.3 Å². The van der Waals surface area contributed by atoms with E-state index >= 15 is 0 Å². The van der Waals surface area contributed by atoms with Crippen molar-refractivity contribution in [1.82, 2.24) is 0 Å². The van der Waals surface area contributed by atoms with Crippen LogP contribution in [0.25, 0.3) is 0 Å². The van der Waals surface area contributed by atoms with E-state index in [1.54, 1.807) is 18.2 Å². The highest BCUT2D eigenvalue weighted by molar-refractivity contribution is 6.31. The van der Waals surface area contributed by atoms with Crippen molar-refractivity contribution in [2.24, 2.45) is 0 Å². The molecule has 2 aromatic carbocycles. The van der Waals surface area contributed by atoms with Crippen LogP contribution in [0.1, 0.15) is 12.5 Å². The Labute approximate surface area is 111 Å². The lowest BCUT2D eigenvalue weighted by atomic mass is 10.1. The molecular weight excluding hydrogens is 248 g/mol. The average molecular weight is 263 g/mol. The maximum Gasteiger partial charge on any atom is 0.129 e. The minimum atomic E-state index is 0.511. The number of nitrogen functional groups attached to an aromatic ring is 2. The Morgan fingerprint density at radius 1 is 1.00 bits per heavy atom. The van der Waals surface area contributed by atoms with Crippen LogP contribution in [0.15, 0.2) is 36.4 Å². The monoisotopic (exact) mass is 262 g/mol. The van der Waals surface area contributed by atoms with Crippen LogP contribution in [0.4, 0.5) is 11.4 Å². The molecule has 0 aliphatic rings. The van der Waals surface area contributed by atoms with Gasteiger partial charge in [0.1, 0.15) is 11.5 Å². The highest BCUT2D eigenvalue weighted by Crippen LogP contribution is 2.29. The van der Waals surface area contributed by atoms with E-state index in [1.807, 2.05) is 25.1 Å². The van der Waals surface area contributed by atoms with Crippen molar-refractivity contribution in [3.63, 3.8) is 0 Å². The number of rotatable bonds is 3. The molecule has 0 saturated heterocycles. The van der Waals surface area contributed by atoms with E-state index in [1.165, 1.54) is 0 Å². The molecule has 0 fully saturated rings. The maximum atomic E-state index is 6.05. The first kappa shape index (κ1) is 12.6. The van der Waals surface area contributed by atoms with Crippen LogP contribution >= 0.6 is 11.6 Å². The van der Waals surface area contributed by atoms with E-state index in [9.17, 15) is 0 Å². The fourth-order valence-electron chi connectivity index (χ4n) is 1.64. The second kappa shape index (κ2) is 5.19. The van der Waals surface area contributed by atoms with Crippen molar-refractivity contribution in [3.8, 4) is 11.5 Å². The third-order valence-corrected chi connectivity index (χ3v) is 3.06. The van der Waals surface area contributed by atoms with Crippen LogP contribution in [-0.4, -0.2) is 0 Å². The number of ether oxygens (including phenoxy) is 1. The van der Waals surface area contributed by atoms with Crippen molar-refractivity contribution in [1.29, 1.82) is 0 Å². The van der Waals surface area contributed by atoms with Gasteiger partial charge < -0.3 is 16.2 Å². The Bertz CT molecular complexity index is 570. The van der Waals surface area contributed by atoms with Crippen LogP contribution in [0, 0.1) is 0 Å². The number of aryl methyl sites for hydroxylation is 1. The Morgan fingerprint density at radius 2 is 1.67 bits per heavy atom. The quantitative estimate of drug-likeness (QED) is 0.826. The highest BCUT2D eigenvalue weighted by atomic mass is 35.5. The predicted molar refractivity (Wildman–Crippen MR) is 76.2 cm³/mol. The normalized spacial score (nSPS) is 10.3. The van der Waals surface area contributed by atoms with Gasteiger partial charge in [-0.1, -0.05) is 18.5 Å². The van der Waals surface area contributed by atoms with Gasteiger partial charge >= 0.3 is 0 Å². The van der Waals surface area contributed by atoms with Crippen molar-refractivity contribution in [3.05, 3.63) is 47.0 Å². The number of hydrogen-bond acceptors (Lipinski definition) is 3. The summed E-state index contributed by atoms with van der Waals surface area (Å²) in [5.74, 6) is 1.39. The molecule has 0 aliphatic heterocycles. The van der Waals surface area contributed by atoms with Crippen molar-refractivity contribution in [2.45, 2.75) is 13.3 Å². The molecule has 2 rings (SSSR count). The fourth-order valence-corrected chi connectivity index (χ4v) is 1.89. The Balaban J connectivity index is 2.25. The minimum Gasteiger partial charge on any atom is -0.457 e. The lowest BCUT2D eigenvalue weighted by Gasteiger charge is -2.09. The van der Waals surface area contributed by atoms with Gasteiger partial charge in [0, 0.05) is 11.1 Å². The van der Waals surface area contributed by atoms with Crippen molar-refractivity contribution in [2.75, 3.05) is 11.5 Å². The minimum absolute atomic E-state index is 0.511. The molecule has 4 heteroatoms. The summed E-state index contributed by atoms with van der Waals surface area (Å²) in [7, 11) is 0. The molecule has 0 saturated carbocycles. The second-order valence-corrected chi connectivity index (χ2v) is 4.41. The third kappa shape index (κ3) is 2.68. The van der Waals surface area contributed by atoms with Gasteiger partial charge in [-0.3, -0.25) is 0 Å². The Hall–Kier alpha value is -1.87. The summed E-state index contributed by atoms with van der Waals surface area (Å²) in [4.78, 5) is 0. The molecule has 0 amide bonds. The average Bonchev–Trinajstić information content (AvgIpc) is 2.36. The summed E-state index contributed by atoms with van der Waals surface area (Å²) >= 11 is 6.05. The van der Waals surface area contributed by atoms with E-state index in [0.29, 0.717) is 17.1 Å². The summed E-state index contributed by atoms with van der Waals surface area (Å²) in [5.41, 5.74) is 13.5. The number of hydrogen-bond donors (Lipinski definition) is 2. The molecule has 18 heavy (non-hydrogen) atoms. The molecule has 2 aromatic rings. The standard InChI is InChI=1S/C14H15ClN2O/c1-2-9-7-10(3-5-12(9)15)18-11-4-6-13(16)14(17)8-11/h3-8H,2,16-17H2,1H3. The molecule has 0 spiro atoms. The zero-order valence-electron chi connectivity index (χ0n) is 10.1. The summed E-state index contributed by atoms with van der Waals surface area (Å²) in [6.45, 7) is 2.05. The number of nitrogens with two attached hydrogens (primary N) is 2. The summed E-state index contributed by atoms with van der Waals surface area (Å²) in [5, 5.41) is 0.752. The van der Waals surface area contributed by atoms with E-state index in [4.69, 9.17) is 27.8 Å². The highest BCUT2D eigenvalue weighted by Gasteiger charge is 2.03. The molecule has 0 radical (unpaired) electrons. The molecule has 0 heterocycles. The Kier molecular flexibility index (Phi) is 3.63. The predicted octanol–water partition coefficient (Wildman–Crippen LogP) is 3.86. The molecule has 4 N–H and O–H groups in total. The van der Waals surface area contributed by atoms with Crippen LogP contribution in [0.3, 0.4) is 0 Å². The first-order valence-electron chi connectivity index (χ1n) is 5.71. The Morgan fingerprint density at radius 3 is 2.33 bits per heavy atom. The van der Waals surface area contributed by atoms with Crippen molar-refractivity contribution >= 4 is 23.0 Å². The first-order valence-corrected chi connectivity index (χ1v) is 6.09. The van der Waals surface area contributed by atoms with E-state index in [2.05, 4.69) is 0 Å². The van der Waals surface area contributed by atoms with Crippen LogP contribution < -0.4 is 16.2 Å². The number of benzene rings is 2. The molecular formula is C14H15ClN2O. The number of halogens is 1. The largest absolute Gasteiger partial charge is 0.457 e. The number of anilines is 2. The van der Waals surface area contributed by atoms with Gasteiger partial charge in [0.2, 0.25) is 0 Å². The van der Waals surface area contributed by atoms with Gasteiger partial charge in [-0.25, -0.2) is 0 Å². The van der Waals surface area contributed by atoms with Crippen LogP contribution in [0.2, 0.25) is 5.02 Å². The first-order chi connectivity index (χ1) is 8.60. The lowest BCUT2D eigenvalue weighted by Crippen LogP contribution is -1.95. The third-order valence-electron chi connectivity index (χ3n) is 2.69. The maximum absolute atomic E-state index is 6.05. The molecule has 0 aromatic heterocycles. The van der Waals surface area contributed by atoms with Crippen LogP contribution in [0.5, 0.6) is 11.5 Å². The topological polar surface area (TPSA) is 61.3 Å². The van der Waals surface area contributed by atoms with Gasteiger partial charge in [-0.2, -0.15) is 0 Å². The fraction of sp³-hybridized carbons (Fsp3) is 0.143. The van der Waals surface area contributed by atoms with E-state index in [0.717, 1.165) is 22.8 Å². The van der Waals surface area contributed by atoms with E-state index < -0.39 is 0 Å². The summed E-state index contributed by atoms with van der Waals surface area (Å²) in [6, 6.07) is 10.8. The van der Waals surface area contributed by atoms with Gasteiger partial charge in [0.25, 0.3) is 0 Å².